The number of carboxylic acid groups (broad SMARTS) is 1. The molecule has 0 aromatic heterocycles. The van der Waals surface area contributed by atoms with Crippen molar-refractivity contribution in [1.29, 1.82) is 0 Å². The molecule has 0 radical (unpaired) electrons. The van der Waals surface area contributed by atoms with Crippen molar-refractivity contribution in [2.24, 2.45) is 11.8 Å². The van der Waals surface area contributed by atoms with Crippen LogP contribution in [0.3, 0.4) is 0 Å². The van der Waals surface area contributed by atoms with Crippen molar-refractivity contribution in [3.05, 3.63) is 0 Å². The van der Waals surface area contributed by atoms with Crippen molar-refractivity contribution in [1.82, 2.24) is 4.31 Å². The van der Waals surface area contributed by atoms with E-state index in [0.29, 0.717) is 19.6 Å². The van der Waals surface area contributed by atoms with E-state index >= 15 is 0 Å². The predicted molar refractivity (Wildman–Crippen MR) is 66.8 cm³/mol. The lowest BCUT2D eigenvalue weighted by Crippen LogP contribution is -2.46. The van der Waals surface area contributed by atoms with E-state index in [-0.39, 0.29) is 24.8 Å². The monoisotopic (exact) mass is 279 g/mol. The molecule has 2 atom stereocenters. The Morgan fingerprint density at radius 2 is 2.11 bits per heavy atom. The van der Waals surface area contributed by atoms with Gasteiger partial charge in [0.2, 0.25) is 10.0 Å². The number of hydrogen-bond acceptors (Lipinski definition) is 4. The first kappa shape index (κ1) is 15.4. The molecule has 1 aliphatic heterocycles. The SMILES string of the molecule is CCOCCS(=O)(=O)N1CC(C)CC(C(=O)O)C1. The Morgan fingerprint density at radius 1 is 1.44 bits per heavy atom. The Labute approximate surface area is 108 Å². The Morgan fingerprint density at radius 3 is 2.67 bits per heavy atom. The van der Waals surface area contributed by atoms with E-state index in [9.17, 15) is 13.2 Å². The second kappa shape index (κ2) is 6.49. The summed E-state index contributed by atoms with van der Waals surface area (Å²) in [6.45, 7) is 4.79. The fourth-order valence-corrected chi connectivity index (χ4v) is 3.62. The summed E-state index contributed by atoms with van der Waals surface area (Å²) in [4.78, 5) is 11.0. The van der Waals surface area contributed by atoms with Crippen molar-refractivity contribution in [2.45, 2.75) is 20.3 Å². The van der Waals surface area contributed by atoms with Crippen LogP contribution in [0.25, 0.3) is 0 Å². The Bertz CT molecular complexity index is 381. The highest BCUT2D eigenvalue weighted by atomic mass is 32.2. The van der Waals surface area contributed by atoms with Crippen LogP contribution < -0.4 is 0 Å². The molecule has 0 amide bonds. The second-order valence-corrected chi connectivity index (χ2v) is 6.79. The molecule has 2 unspecified atom stereocenters. The molecule has 1 rings (SSSR count). The molecule has 0 aromatic rings. The van der Waals surface area contributed by atoms with Gasteiger partial charge in [0.15, 0.2) is 0 Å². The molecule has 18 heavy (non-hydrogen) atoms. The third-order valence-electron chi connectivity index (χ3n) is 3.06. The zero-order valence-corrected chi connectivity index (χ0v) is 11.6. The number of ether oxygens (including phenoxy) is 1. The number of sulfonamides is 1. The first-order valence-electron chi connectivity index (χ1n) is 6.15. The van der Waals surface area contributed by atoms with Crippen LogP contribution in [0, 0.1) is 11.8 Å². The van der Waals surface area contributed by atoms with Crippen molar-refractivity contribution in [3.8, 4) is 0 Å². The minimum atomic E-state index is -3.41. The van der Waals surface area contributed by atoms with Crippen LogP contribution in [0.1, 0.15) is 20.3 Å². The Hall–Kier alpha value is -0.660. The van der Waals surface area contributed by atoms with E-state index in [1.165, 1.54) is 4.31 Å². The molecule has 0 aliphatic carbocycles. The van der Waals surface area contributed by atoms with Crippen LogP contribution in [0.5, 0.6) is 0 Å². The van der Waals surface area contributed by atoms with Gasteiger partial charge in [-0.1, -0.05) is 6.92 Å². The van der Waals surface area contributed by atoms with Gasteiger partial charge < -0.3 is 9.84 Å². The molecule has 1 heterocycles. The van der Waals surface area contributed by atoms with Crippen LogP contribution in [0.4, 0.5) is 0 Å². The van der Waals surface area contributed by atoms with Gasteiger partial charge in [0, 0.05) is 19.7 Å². The highest BCUT2D eigenvalue weighted by molar-refractivity contribution is 7.89. The van der Waals surface area contributed by atoms with Crippen molar-refractivity contribution >= 4 is 16.0 Å². The molecule has 0 saturated carbocycles. The van der Waals surface area contributed by atoms with Crippen LogP contribution in [-0.2, 0) is 19.6 Å². The standard InChI is InChI=1S/C11H21NO5S/c1-3-17-4-5-18(15,16)12-7-9(2)6-10(8-12)11(13)14/h9-10H,3-8H2,1-2H3,(H,13,14). The molecule has 1 saturated heterocycles. The summed E-state index contributed by atoms with van der Waals surface area (Å²) in [5, 5.41) is 9.01. The zero-order chi connectivity index (χ0) is 13.8. The maximum atomic E-state index is 12.0. The number of carboxylic acids is 1. The quantitative estimate of drug-likeness (QED) is 0.711. The van der Waals surface area contributed by atoms with E-state index in [1.807, 2.05) is 6.92 Å². The van der Waals surface area contributed by atoms with Crippen molar-refractivity contribution in [2.75, 3.05) is 32.1 Å². The smallest absolute Gasteiger partial charge is 0.307 e. The van der Waals surface area contributed by atoms with Crippen LogP contribution >= 0.6 is 0 Å². The average molecular weight is 279 g/mol. The number of nitrogens with zero attached hydrogens (tertiary/aromatic N) is 1. The molecular weight excluding hydrogens is 258 g/mol. The highest BCUT2D eigenvalue weighted by Crippen LogP contribution is 2.24. The second-order valence-electron chi connectivity index (χ2n) is 4.71. The third kappa shape index (κ3) is 4.22. The first-order valence-corrected chi connectivity index (χ1v) is 7.76. The molecule has 7 heteroatoms. The normalized spacial score (nSPS) is 26.1. The van der Waals surface area contributed by atoms with Gasteiger partial charge in [-0.05, 0) is 19.3 Å². The van der Waals surface area contributed by atoms with Gasteiger partial charge in [0.05, 0.1) is 18.3 Å². The summed E-state index contributed by atoms with van der Waals surface area (Å²) in [5.74, 6) is -1.54. The number of piperidine rings is 1. The maximum absolute atomic E-state index is 12.0. The molecular formula is C11H21NO5S. The first-order chi connectivity index (χ1) is 8.36. The zero-order valence-electron chi connectivity index (χ0n) is 10.8. The molecule has 1 N–H and O–H groups in total. The summed E-state index contributed by atoms with van der Waals surface area (Å²) >= 11 is 0. The topological polar surface area (TPSA) is 83.9 Å². The van der Waals surface area contributed by atoms with Gasteiger partial charge in [0.25, 0.3) is 0 Å². The van der Waals surface area contributed by atoms with Gasteiger partial charge >= 0.3 is 5.97 Å². The fourth-order valence-electron chi connectivity index (χ4n) is 2.15. The molecule has 0 aromatic carbocycles. The van der Waals surface area contributed by atoms with Crippen molar-refractivity contribution < 1.29 is 23.1 Å². The number of carbonyl (C=O) groups is 1. The van der Waals surface area contributed by atoms with Crippen LogP contribution in [0.15, 0.2) is 0 Å². The Kier molecular flexibility index (Phi) is 5.55. The summed E-state index contributed by atoms with van der Waals surface area (Å²) in [5.41, 5.74) is 0. The molecule has 6 nitrogen and oxygen atoms in total. The Balaban J connectivity index is 2.66. The summed E-state index contributed by atoms with van der Waals surface area (Å²) in [7, 11) is -3.41. The lowest BCUT2D eigenvalue weighted by Gasteiger charge is -2.33. The lowest BCUT2D eigenvalue weighted by atomic mass is 9.92. The van der Waals surface area contributed by atoms with Gasteiger partial charge in [0.1, 0.15) is 0 Å². The summed E-state index contributed by atoms with van der Waals surface area (Å²) in [6, 6.07) is 0. The highest BCUT2D eigenvalue weighted by Gasteiger charge is 2.35. The van der Waals surface area contributed by atoms with E-state index in [0.717, 1.165) is 0 Å². The van der Waals surface area contributed by atoms with Crippen LogP contribution in [0.2, 0.25) is 0 Å². The molecule has 0 spiro atoms. The molecule has 0 bridgehead atoms. The number of hydrogen-bond donors (Lipinski definition) is 1. The third-order valence-corrected chi connectivity index (χ3v) is 4.83. The summed E-state index contributed by atoms with van der Waals surface area (Å²) in [6.07, 6.45) is 0.535. The molecule has 106 valence electrons. The van der Waals surface area contributed by atoms with Gasteiger partial charge in [-0.2, -0.15) is 0 Å². The number of rotatable bonds is 6. The van der Waals surface area contributed by atoms with Gasteiger partial charge in [-0.25, -0.2) is 12.7 Å². The van der Waals surface area contributed by atoms with Crippen LogP contribution in [-0.4, -0.2) is 55.9 Å². The average Bonchev–Trinajstić information content (AvgIpc) is 2.28. The minimum Gasteiger partial charge on any atom is -0.481 e. The fraction of sp³-hybridized carbons (Fsp3) is 0.909. The van der Waals surface area contributed by atoms with Gasteiger partial charge in [-0.3, -0.25) is 4.79 Å². The number of aliphatic carboxylic acids is 1. The lowest BCUT2D eigenvalue weighted by molar-refractivity contribution is -0.143. The largest absolute Gasteiger partial charge is 0.481 e. The van der Waals surface area contributed by atoms with E-state index < -0.39 is 21.9 Å². The molecule has 1 aliphatic rings. The molecule has 1 fully saturated rings. The van der Waals surface area contributed by atoms with Gasteiger partial charge in [-0.15, -0.1) is 0 Å². The predicted octanol–water partition coefficient (Wildman–Crippen LogP) is 0.395. The van der Waals surface area contributed by atoms with E-state index in [2.05, 4.69) is 0 Å². The summed E-state index contributed by atoms with van der Waals surface area (Å²) < 4.78 is 30.4. The van der Waals surface area contributed by atoms with Crippen molar-refractivity contribution in [3.63, 3.8) is 0 Å². The van der Waals surface area contributed by atoms with E-state index in [1.54, 1.807) is 6.92 Å². The minimum absolute atomic E-state index is 0.0710. The van der Waals surface area contributed by atoms with E-state index in [4.69, 9.17) is 9.84 Å². The maximum Gasteiger partial charge on any atom is 0.307 e.